The van der Waals surface area contributed by atoms with Crippen molar-refractivity contribution in [3.8, 4) is 0 Å². The van der Waals surface area contributed by atoms with Crippen LogP contribution in [0.2, 0.25) is 0 Å². The molecule has 1 heterocycles. The van der Waals surface area contributed by atoms with Gasteiger partial charge in [-0.3, -0.25) is 0 Å². The number of rotatable bonds is 3. The Labute approximate surface area is 102 Å². The molecule has 0 spiro atoms. The minimum atomic E-state index is -0.0576. The molecule has 2 rings (SSSR count). The number of hydrogen-bond donors (Lipinski definition) is 1. The van der Waals surface area contributed by atoms with Gasteiger partial charge in [0, 0.05) is 13.2 Å². The van der Waals surface area contributed by atoms with Crippen molar-refractivity contribution in [3.63, 3.8) is 0 Å². The van der Waals surface area contributed by atoms with Crippen LogP contribution in [0.4, 0.5) is 0 Å². The quantitative estimate of drug-likeness (QED) is 0.646. The minimum absolute atomic E-state index is 0.0576. The largest absolute Gasteiger partial charge is 0.360 e. The molecule has 0 radical (unpaired) electrons. The van der Waals surface area contributed by atoms with Crippen molar-refractivity contribution in [1.82, 2.24) is 4.90 Å². The molecule has 16 heavy (non-hydrogen) atoms. The molecule has 0 fully saturated rings. The smallest absolute Gasteiger partial charge is 0.129 e. The summed E-state index contributed by atoms with van der Waals surface area (Å²) < 4.78 is 0. The number of benzene rings is 1. The Morgan fingerprint density at radius 2 is 2.12 bits per heavy atom. The molecule has 0 bridgehead atoms. The van der Waals surface area contributed by atoms with E-state index < -0.39 is 0 Å². The van der Waals surface area contributed by atoms with Crippen LogP contribution in [-0.4, -0.2) is 18.5 Å². The van der Waals surface area contributed by atoms with E-state index in [0.717, 1.165) is 19.4 Å². The molecule has 0 saturated heterocycles. The van der Waals surface area contributed by atoms with Gasteiger partial charge in [0.15, 0.2) is 0 Å². The number of alkyl halides is 1. The number of hydrogen-bond acceptors (Lipinski definition) is 2. The third kappa shape index (κ3) is 2.08. The molecule has 1 atom stereocenters. The number of fused-ring (bicyclic) bond motifs is 1. The van der Waals surface area contributed by atoms with Crippen LogP contribution in [0.3, 0.4) is 0 Å². The molecule has 2 N–H and O–H groups in total. The average Bonchev–Trinajstić information content (AvgIpc) is 2.32. The molecule has 1 aromatic carbocycles. The van der Waals surface area contributed by atoms with Gasteiger partial charge in [-0.2, -0.15) is 0 Å². The van der Waals surface area contributed by atoms with Gasteiger partial charge in [0.1, 0.15) is 5.50 Å². The Bertz CT molecular complexity index is 401. The molecular formula is C13H17ClN2. The van der Waals surface area contributed by atoms with Gasteiger partial charge in [-0.15, -0.1) is 0 Å². The fourth-order valence-corrected chi connectivity index (χ4v) is 2.34. The molecule has 0 amide bonds. The summed E-state index contributed by atoms with van der Waals surface area (Å²) in [5, 5.41) is 0. The van der Waals surface area contributed by atoms with Gasteiger partial charge in [-0.25, -0.2) is 0 Å². The van der Waals surface area contributed by atoms with Crippen LogP contribution < -0.4 is 5.73 Å². The Kier molecular flexibility index (Phi) is 3.52. The molecule has 86 valence electrons. The van der Waals surface area contributed by atoms with Crippen LogP contribution in [0.25, 0.3) is 5.57 Å². The second-order valence-corrected chi connectivity index (χ2v) is 4.55. The SMILES string of the molecule is CN1C=C(CCCN)c2ccccc2C1Cl. The van der Waals surface area contributed by atoms with Crippen LogP contribution >= 0.6 is 11.6 Å². The molecule has 3 heteroatoms. The van der Waals surface area contributed by atoms with Crippen molar-refractivity contribution in [2.75, 3.05) is 13.6 Å². The highest BCUT2D eigenvalue weighted by Crippen LogP contribution is 2.37. The highest BCUT2D eigenvalue weighted by molar-refractivity contribution is 6.21. The number of nitrogens with two attached hydrogens (primary N) is 1. The van der Waals surface area contributed by atoms with Crippen molar-refractivity contribution >= 4 is 17.2 Å². The molecule has 0 aliphatic carbocycles. The van der Waals surface area contributed by atoms with Crippen LogP contribution in [0, 0.1) is 0 Å². The second-order valence-electron chi connectivity index (χ2n) is 4.14. The van der Waals surface area contributed by atoms with Crippen LogP contribution in [-0.2, 0) is 0 Å². The van der Waals surface area contributed by atoms with Crippen molar-refractivity contribution in [2.24, 2.45) is 5.73 Å². The molecule has 1 aliphatic rings. The summed E-state index contributed by atoms with van der Waals surface area (Å²) in [5.74, 6) is 0. The Hall–Kier alpha value is -0.990. The van der Waals surface area contributed by atoms with Crippen molar-refractivity contribution < 1.29 is 0 Å². The first-order valence-corrected chi connectivity index (χ1v) is 6.03. The lowest BCUT2D eigenvalue weighted by atomic mass is 9.94. The van der Waals surface area contributed by atoms with Crippen LogP contribution in [0.1, 0.15) is 29.5 Å². The number of nitrogens with zero attached hydrogens (tertiary/aromatic N) is 1. The number of halogens is 1. The molecule has 1 aromatic rings. The first-order valence-electron chi connectivity index (χ1n) is 5.60. The van der Waals surface area contributed by atoms with Crippen LogP contribution in [0.15, 0.2) is 30.5 Å². The van der Waals surface area contributed by atoms with Gasteiger partial charge in [-0.1, -0.05) is 35.9 Å². The van der Waals surface area contributed by atoms with E-state index in [0.29, 0.717) is 0 Å². The van der Waals surface area contributed by atoms with E-state index in [9.17, 15) is 0 Å². The summed E-state index contributed by atoms with van der Waals surface area (Å²) in [4.78, 5) is 2.05. The monoisotopic (exact) mass is 236 g/mol. The molecule has 0 aromatic heterocycles. The van der Waals surface area contributed by atoms with Gasteiger partial charge < -0.3 is 10.6 Å². The Morgan fingerprint density at radius 1 is 1.38 bits per heavy atom. The fraction of sp³-hybridized carbons (Fsp3) is 0.385. The van der Waals surface area contributed by atoms with Crippen LogP contribution in [0.5, 0.6) is 0 Å². The summed E-state index contributed by atoms with van der Waals surface area (Å²) in [6, 6.07) is 8.33. The minimum Gasteiger partial charge on any atom is -0.360 e. The highest BCUT2D eigenvalue weighted by atomic mass is 35.5. The Morgan fingerprint density at radius 3 is 2.88 bits per heavy atom. The van der Waals surface area contributed by atoms with E-state index in [-0.39, 0.29) is 5.50 Å². The molecule has 1 unspecified atom stereocenters. The van der Waals surface area contributed by atoms with E-state index in [1.165, 1.54) is 16.7 Å². The third-order valence-corrected chi connectivity index (χ3v) is 3.47. The van der Waals surface area contributed by atoms with Gasteiger partial charge >= 0.3 is 0 Å². The van der Waals surface area contributed by atoms with Gasteiger partial charge in [-0.05, 0) is 36.1 Å². The maximum atomic E-state index is 6.35. The normalized spacial score (nSPS) is 19.3. The highest BCUT2D eigenvalue weighted by Gasteiger charge is 2.22. The maximum Gasteiger partial charge on any atom is 0.129 e. The lowest BCUT2D eigenvalue weighted by molar-refractivity contribution is 0.424. The molecule has 0 saturated carbocycles. The predicted octanol–water partition coefficient (Wildman–Crippen LogP) is 2.95. The summed E-state index contributed by atoms with van der Waals surface area (Å²) >= 11 is 6.35. The average molecular weight is 237 g/mol. The summed E-state index contributed by atoms with van der Waals surface area (Å²) in [5.41, 5.74) is 9.30. The van der Waals surface area contributed by atoms with Gasteiger partial charge in [0.2, 0.25) is 0 Å². The van der Waals surface area contributed by atoms with Gasteiger partial charge in [0.05, 0.1) is 0 Å². The molecule has 1 aliphatic heterocycles. The lowest BCUT2D eigenvalue weighted by Gasteiger charge is -2.30. The zero-order valence-electron chi connectivity index (χ0n) is 9.49. The summed E-state index contributed by atoms with van der Waals surface area (Å²) in [6.07, 6.45) is 4.16. The lowest BCUT2D eigenvalue weighted by Crippen LogP contribution is -2.20. The van der Waals surface area contributed by atoms with Crippen molar-refractivity contribution in [3.05, 3.63) is 41.6 Å². The maximum absolute atomic E-state index is 6.35. The second kappa shape index (κ2) is 4.89. The van der Waals surface area contributed by atoms with Crippen molar-refractivity contribution in [2.45, 2.75) is 18.3 Å². The molecular weight excluding hydrogens is 220 g/mol. The topological polar surface area (TPSA) is 29.3 Å². The van der Waals surface area contributed by atoms with E-state index in [4.69, 9.17) is 17.3 Å². The standard InChI is InChI=1S/C13H17ClN2/c1-16-9-10(5-4-8-15)11-6-2-3-7-12(11)13(16)14/h2-3,6-7,9,13H,4-5,8,15H2,1H3. The first-order chi connectivity index (χ1) is 7.74. The van der Waals surface area contributed by atoms with Gasteiger partial charge in [0.25, 0.3) is 0 Å². The summed E-state index contributed by atoms with van der Waals surface area (Å²) in [6.45, 7) is 0.730. The molecule has 2 nitrogen and oxygen atoms in total. The summed E-state index contributed by atoms with van der Waals surface area (Å²) in [7, 11) is 2.01. The van der Waals surface area contributed by atoms with E-state index >= 15 is 0 Å². The number of allylic oxidation sites excluding steroid dienone is 1. The van der Waals surface area contributed by atoms with E-state index in [1.807, 2.05) is 13.1 Å². The zero-order valence-corrected chi connectivity index (χ0v) is 10.2. The first kappa shape index (κ1) is 11.5. The zero-order chi connectivity index (χ0) is 11.5. The third-order valence-electron chi connectivity index (χ3n) is 2.93. The van der Waals surface area contributed by atoms with Crippen molar-refractivity contribution in [1.29, 1.82) is 0 Å². The Balaban J connectivity index is 2.35. The van der Waals surface area contributed by atoms with E-state index in [2.05, 4.69) is 29.3 Å². The predicted molar refractivity (Wildman–Crippen MR) is 69.1 cm³/mol. The fourth-order valence-electron chi connectivity index (χ4n) is 2.09. The van der Waals surface area contributed by atoms with E-state index in [1.54, 1.807) is 0 Å².